The van der Waals surface area contributed by atoms with E-state index in [1.54, 1.807) is 0 Å². The summed E-state index contributed by atoms with van der Waals surface area (Å²) in [6, 6.07) is 0.640. The second-order valence-electron chi connectivity index (χ2n) is 3.98. The van der Waals surface area contributed by atoms with Crippen LogP contribution < -0.4 is 5.32 Å². The molecule has 0 saturated carbocycles. The summed E-state index contributed by atoms with van der Waals surface area (Å²) in [5.41, 5.74) is 0. The lowest BCUT2D eigenvalue weighted by atomic mass is 10.2. The van der Waals surface area contributed by atoms with Crippen LogP contribution in [0.1, 0.15) is 33.1 Å². The van der Waals surface area contributed by atoms with Crippen molar-refractivity contribution < 1.29 is 4.74 Å². The molecule has 3 atom stereocenters. The summed E-state index contributed by atoms with van der Waals surface area (Å²) >= 11 is 2.04. The van der Waals surface area contributed by atoms with Crippen LogP contribution in [0.4, 0.5) is 0 Å². The Hall–Kier alpha value is 0.270. The smallest absolute Gasteiger partial charge is 0.0666 e. The normalized spacial score (nSPS) is 26.4. The molecule has 1 rings (SSSR count). The van der Waals surface area contributed by atoms with Gasteiger partial charge in [-0.05, 0) is 26.3 Å². The summed E-state index contributed by atoms with van der Waals surface area (Å²) in [6.45, 7) is 5.53. The van der Waals surface area contributed by atoms with E-state index >= 15 is 0 Å². The molecule has 1 aliphatic heterocycles. The van der Waals surface area contributed by atoms with Crippen LogP contribution in [0.15, 0.2) is 0 Å². The fraction of sp³-hybridized carbons (Fsp3) is 1.00. The van der Waals surface area contributed by atoms with Gasteiger partial charge in [0.15, 0.2) is 0 Å². The topological polar surface area (TPSA) is 21.3 Å². The van der Waals surface area contributed by atoms with E-state index in [9.17, 15) is 0 Å². The molecular weight excluding hydrogens is 194 g/mol. The van der Waals surface area contributed by atoms with Gasteiger partial charge in [0, 0.05) is 23.7 Å². The molecule has 0 aromatic heterocycles. The highest BCUT2D eigenvalue weighted by molar-refractivity contribution is 7.99. The highest BCUT2D eigenvalue weighted by atomic mass is 32.2. The Balaban J connectivity index is 2.15. The van der Waals surface area contributed by atoms with Crippen molar-refractivity contribution in [1.29, 1.82) is 0 Å². The highest BCUT2D eigenvalue weighted by Crippen LogP contribution is 2.22. The van der Waals surface area contributed by atoms with Gasteiger partial charge in [-0.1, -0.05) is 13.8 Å². The molecule has 0 amide bonds. The Morgan fingerprint density at radius 1 is 1.57 bits per heavy atom. The van der Waals surface area contributed by atoms with Crippen LogP contribution in [0.25, 0.3) is 0 Å². The maximum Gasteiger partial charge on any atom is 0.0666 e. The zero-order valence-corrected chi connectivity index (χ0v) is 10.4. The maximum atomic E-state index is 5.61. The Bertz CT molecular complexity index is 144. The van der Waals surface area contributed by atoms with Crippen molar-refractivity contribution in [3.63, 3.8) is 0 Å². The molecule has 3 unspecified atom stereocenters. The molecule has 0 radical (unpaired) electrons. The third kappa shape index (κ3) is 3.79. The Morgan fingerprint density at radius 3 is 2.86 bits per heavy atom. The number of hydrogen-bond donors (Lipinski definition) is 1. The van der Waals surface area contributed by atoms with E-state index < -0.39 is 0 Å². The molecule has 0 bridgehead atoms. The van der Waals surface area contributed by atoms with E-state index in [0.29, 0.717) is 17.4 Å². The first-order valence-electron chi connectivity index (χ1n) is 5.68. The molecule has 14 heavy (non-hydrogen) atoms. The summed E-state index contributed by atoms with van der Waals surface area (Å²) in [4.78, 5) is 0. The monoisotopic (exact) mass is 217 g/mol. The molecule has 1 aliphatic rings. The lowest BCUT2D eigenvalue weighted by molar-refractivity contribution is 0.128. The molecule has 1 saturated heterocycles. The van der Waals surface area contributed by atoms with E-state index in [-0.39, 0.29) is 0 Å². The van der Waals surface area contributed by atoms with Crippen LogP contribution in [0.5, 0.6) is 0 Å². The Labute approximate surface area is 92.2 Å². The fourth-order valence-electron chi connectivity index (χ4n) is 1.92. The molecule has 1 N–H and O–H groups in total. The van der Waals surface area contributed by atoms with Gasteiger partial charge in [-0.2, -0.15) is 11.8 Å². The minimum absolute atomic E-state index is 0.525. The Morgan fingerprint density at radius 2 is 2.36 bits per heavy atom. The van der Waals surface area contributed by atoms with Crippen molar-refractivity contribution in [3.8, 4) is 0 Å². The van der Waals surface area contributed by atoms with E-state index in [1.807, 2.05) is 11.8 Å². The fourth-order valence-corrected chi connectivity index (χ4v) is 3.26. The molecule has 0 aromatic carbocycles. The third-order valence-electron chi connectivity index (χ3n) is 2.95. The van der Waals surface area contributed by atoms with E-state index in [1.165, 1.54) is 25.0 Å². The minimum atomic E-state index is 0.525. The number of nitrogens with one attached hydrogen (secondary N) is 1. The standard InChI is InChI=1S/C11H23NOS/c1-4-11(12-3)9(2)14-8-10-6-5-7-13-10/h9-12H,4-8H2,1-3H3. The van der Waals surface area contributed by atoms with Crippen LogP contribution in [-0.2, 0) is 4.74 Å². The van der Waals surface area contributed by atoms with E-state index in [4.69, 9.17) is 4.74 Å². The first kappa shape index (κ1) is 12.3. The quantitative estimate of drug-likeness (QED) is 0.737. The molecule has 1 heterocycles. The van der Waals surface area contributed by atoms with Crippen molar-refractivity contribution in [2.45, 2.75) is 50.5 Å². The van der Waals surface area contributed by atoms with Crippen LogP contribution in [0, 0.1) is 0 Å². The van der Waals surface area contributed by atoms with Gasteiger partial charge in [-0.3, -0.25) is 0 Å². The first-order valence-corrected chi connectivity index (χ1v) is 6.73. The van der Waals surface area contributed by atoms with Crippen molar-refractivity contribution in [3.05, 3.63) is 0 Å². The van der Waals surface area contributed by atoms with Gasteiger partial charge in [0.05, 0.1) is 6.10 Å². The zero-order chi connectivity index (χ0) is 10.4. The predicted molar refractivity (Wildman–Crippen MR) is 64.0 cm³/mol. The highest BCUT2D eigenvalue weighted by Gasteiger charge is 2.19. The van der Waals surface area contributed by atoms with Gasteiger partial charge in [-0.15, -0.1) is 0 Å². The summed E-state index contributed by atoms with van der Waals surface area (Å²) in [6.07, 6.45) is 4.24. The zero-order valence-electron chi connectivity index (χ0n) is 9.58. The lowest BCUT2D eigenvalue weighted by Gasteiger charge is -2.22. The van der Waals surface area contributed by atoms with Crippen LogP contribution in [0.2, 0.25) is 0 Å². The van der Waals surface area contributed by atoms with Gasteiger partial charge < -0.3 is 10.1 Å². The van der Waals surface area contributed by atoms with Gasteiger partial charge in [0.25, 0.3) is 0 Å². The van der Waals surface area contributed by atoms with Crippen LogP contribution in [-0.4, -0.2) is 36.8 Å². The average molecular weight is 217 g/mol. The minimum Gasteiger partial charge on any atom is -0.377 e. The van der Waals surface area contributed by atoms with Crippen LogP contribution >= 0.6 is 11.8 Å². The SMILES string of the molecule is CCC(NC)C(C)SCC1CCCO1. The van der Waals surface area contributed by atoms with Crippen molar-refractivity contribution in [2.24, 2.45) is 0 Å². The molecule has 84 valence electrons. The van der Waals surface area contributed by atoms with Crippen molar-refractivity contribution in [1.82, 2.24) is 5.32 Å². The average Bonchev–Trinajstić information content (AvgIpc) is 2.69. The molecule has 0 aromatic rings. The Kier molecular flexibility index (Phi) is 5.90. The number of hydrogen-bond acceptors (Lipinski definition) is 3. The second kappa shape index (κ2) is 6.70. The van der Waals surface area contributed by atoms with E-state index in [0.717, 1.165) is 6.61 Å². The lowest BCUT2D eigenvalue weighted by Crippen LogP contribution is -2.34. The molecule has 3 heteroatoms. The largest absolute Gasteiger partial charge is 0.377 e. The van der Waals surface area contributed by atoms with Gasteiger partial charge in [-0.25, -0.2) is 0 Å². The summed E-state index contributed by atoms with van der Waals surface area (Å²) in [5.74, 6) is 1.17. The third-order valence-corrected chi connectivity index (χ3v) is 4.36. The molecular formula is C11H23NOS. The van der Waals surface area contributed by atoms with Gasteiger partial charge in [0.1, 0.15) is 0 Å². The molecule has 1 fully saturated rings. The number of thioether (sulfide) groups is 1. The summed E-state index contributed by atoms with van der Waals surface area (Å²) < 4.78 is 5.61. The molecule has 2 nitrogen and oxygen atoms in total. The first-order chi connectivity index (χ1) is 6.77. The van der Waals surface area contributed by atoms with Crippen LogP contribution in [0.3, 0.4) is 0 Å². The predicted octanol–water partition coefficient (Wildman–Crippen LogP) is 2.29. The van der Waals surface area contributed by atoms with Gasteiger partial charge in [0.2, 0.25) is 0 Å². The number of ether oxygens (including phenoxy) is 1. The van der Waals surface area contributed by atoms with Crippen molar-refractivity contribution in [2.75, 3.05) is 19.4 Å². The molecule has 0 spiro atoms. The number of rotatable bonds is 6. The second-order valence-corrected chi connectivity index (χ2v) is 5.39. The van der Waals surface area contributed by atoms with E-state index in [2.05, 4.69) is 26.2 Å². The van der Waals surface area contributed by atoms with Gasteiger partial charge >= 0.3 is 0 Å². The molecule has 0 aliphatic carbocycles. The van der Waals surface area contributed by atoms with Crippen molar-refractivity contribution >= 4 is 11.8 Å². The summed E-state index contributed by atoms with van der Waals surface area (Å²) in [7, 11) is 2.05. The maximum absolute atomic E-state index is 5.61. The summed E-state index contributed by atoms with van der Waals surface area (Å²) in [5, 5.41) is 4.05.